The minimum Gasteiger partial charge on any atom is -0.462 e. The maximum atomic E-state index is 13.6. The Morgan fingerprint density at radius 3 is 2.45 bits per heavy atom. The van der Waals surface area contributed by atoms with Gasteiger partial charge in [-0.3, -0.25) is 19.3 Å². The summed E-state index contributed by atoms with van der Waals surface area (Å²) in [6.07, 6.45) is 0.361. The van der Waals surface area contributed by atoms with Crippen molar-refractivity contribution in [3.63, 3.8) is 0 Å². The largest absolute Gasteiger partial charge is 0.462 e. The monoisotopic (exact) mass is 421 g/mol. The number of ether oxygens (including phenoxy) is 1. The van der Waals surface area contributed by atoms with Crippen LogP contribution in [-0.2, 0) is 14.3 Å². The molecule has 1 atom stereocenters. The van der Waals surface area contributed by atoms with E-state index in [9.17, 15) is 19.2 Å². The molecular weight excluding hydrogens is 398 g/mol. The van der Waals surface area contributed by atoms with Gasteiger partial charge in [-0.2, -0.15) is 0 Å². The number of benzene rings is 2. The average molecular weight is 421 g/mol. The Morgan fingerprint density at radius 2 is 1.77 bits per heavy atom. The van der Waals surface area contributed by atoms with Gasteiger partial charge in [0.25, 0.3) is 11.8 Å². The van der Waals surface area contributed by atoms with Gasteiger partial charge >= 0.3 is 5.97 Å². The van der Waals surface area contributed by atoms with Gasteiger partial charge in [-0.1, -0.05) is 12.1 Å². The quantitative estimate of drug-likeness (QED) is 0.749. The first-order valence-corrected chi connectivity index (χ1v) is 10.3. The molecule has 3 amide bonds. The Hall–Kier alpha value is -3.68. The summed E-state index contributed by atoms with van der Waals surface area (Å²) >= 11 is 0. The highest BCUT2D eigenvalue weighted by Crippen LogP contribution is 2.44. The van der Waals surface area contributed by atoms with Crippen molar-refractivity contribution in [2.75, 3.05) is 23.4 Å². The van der Waals surface area contributed by atoms with E-state index in [0.29, 0.717) is 22.5 Å². The first-order chi connectivity index (χ1) is 14.9. The number of esters is 1. The normalized spacial score (nSPS) is 19.7. The molecule has 2 aliphatic heterocycles. The number of hydrogen-bond donors (Lipinski definition) is 1. The molecule has 0 aliphatic carbocycles. The van der Waals surface area contributed by atoms with Gasteiger partial charge in [-0.15, -0.1) is 0 Å². The molecule has 8 nitrogen and oxygen atoms in total. The summed E-state index contributed by atoms with van der Waals surface area (Å²) in [5.74, 6) is -1.40. The van der Waals surface area contributed by atoms with Crippen LogP contribution in [0.5, 0.6) is 0 Å². The lowest BCUT2D eigenvalue weighted by Gasteiger charge is -2.48. The van der Waals surface area contributed by atoms with Gasteiger partial charge in [0.2, 0.25) is 11.6 Å². The van der Waals surface area contributed by atoms with Gasteiger partial charge in [0.1, 0.15) is 0 Å². The number of likely N-dealkylation sites (N-methyl/N-ethyl adjacent to an activating group) is 1. The summed E-state index contributed by atoms with van der Waals surface area (Å²) in [5, 5.41) is 2.83. The molecule has 0 bridgehead atoms. The van der Waals surface area contributed by atoms with Crippen LogP contribution in [0.4, 0.5) is 11.4 Å². The molecule has 0 radical (unpaired) electrons. The fourth-order valence-corrected chi connectivity index (χ4v) is 4.34. The third kappa shape index (κ3) is 3.15. The smallest absolute Gasteiger partial charge is 0.338 e. The fourth-order valence-electron chi connectivity index (χ4n) is 4.34. The van der Waals surface area contributed by atoms with E-state index in [1.807, 2.05) is 0 Å². The van der Waals surface area contributed by atoms with E-state index in [1.165, 1.54) is 9.80 Å². The molecule has 2 aliphatic rings. The van der Waals surface area contributed by atoms with E-state index in [1.54, 1.807) is 62.4 Å². The molecule has 8 heteroatoms. The summed E-state index contributed by atoms with van der Waals surface area (Å²) in [7, 11) is 0. The number of amides is 3. The first-order valence-electron chi connectivity index (χ1n) is 10.3. The van der Waals surface area contributed by atoms with Crippen LogP contribution in [0, 0.1) is 0 Å². The predicted molar refractivity (Wildman–Crippen MR) is 114 cm³/mol. The van der Waals surface area contributed by atoms with Crippen molar-refractivity contribution in [3.05, 3.63) is 59.7 Å². The number of anilines is 2. The van der Waals surface area contributed by atoms with Gasteiger partial charge in [0.15, 0.2) is 0 Å². The molecule has 0 saturated carbocycles. The zero-order valence-corrected chi connectivity index (χ0v) is 17.4. The van der Waals surface area contributed by atoms with Gasteiger partial charge in [0, 0.05) is 25.1 Å². The molecule has 2 aromatic rings. The van der Waals surface area contributed by atoms with Crippen LogP contribution in [0.15, 0.2) is 48.5 Å². The van der Waals surface area contributed by atoms with Crippen molar-refractivity contribution < 1.29 is 23.9 Å². The molecule has 2 heterocycles. The third-order valence-electron chi connectivity index (χ3n) is 5.71. The number of para-hydroxylation sites is 1. The highest BCUT2D eigenvalue weighted by Gasteiger charge is 2.60. The van der Waals surface area contributed by atoms with E-state index >= 15 is 0 Å². The second-order valence-corrected chi connectivity index (χ2v) is 7.36. The summed E-state index contributed by atoms with van der Waals surface area (Å²) in [6.45, 7) is 4.05. The zero-order chi connectivity index (χ0) is 22.2. The van der Waals surface area contributed by atoms with Crippen molar-refractivity contribution in [1.82, 2.24) is 4.90 Å². The topological polar surface area (TPSA) is 96.0 Å². The number of carbonyl (C=O) groups is 4. The molecular formula is C23H23N3O5. The number of fused-ring (bicyclic) bond motifs is 3. The summed E-state index contributed by atoms with van der Waals surface area (Å²) in [5.41, 5.74) is 0.243. The fraction of sp³-hybridized carbons (Fsp3) is 0.304. The lowest BCUT2D eigenvalue weighted by Crippen LogP contribution is -2.69. The van der Waals surface area contributed by atoms with Crippen LogP contribution in [0.2, 0.25) is 0 Å². The molecule has 160 valence electrons. The van der Waals surface area contributed by atoms with Crippen LogP contribution < -0.4 is 10.2 Å². The lowest BCUT2D eigenvalue weighted by molar-refractivity contribution is -0.128. The number of hydrogen-bond acceptors (Lipinski definition) is 5. The molecule has 4 rings (SSSR count). The second kappa shape index (κ2) is 7.86. The Bertz CT molecular complexity index is 1070. The molecule has 2 aromatic carbocycles. The van der Waals surface area contributed by atoms with Crippen LogP contribution >= 0.6 is 0 Å². The molecule has 0 aromatic heterocycles. The van der Waals surface area contributed by atoms with Crippen LogP contribution in [-0.4, -0.2) is 47.4 Å². The Morgan fingerprint density at radius 1 is 1.06 bits per heavy atom. The maximum absolute atomic E-state index is 13.6. The number of carbonyl (C=O) groups excluding carboxylic acids is 4. The Labute approximate surface area is 179 Å². The van der Waals surface area contributed by atoms with Gasteiger partial charge in [-0.25, -0.2) is 4.79 Å². The highest BCUT2D eigenvalue weighted by molar-refractivity contribution is 6.18. The third-order valence-corrected chi connectivity index (χ3v) is 5.71. The van der Waals surface area contributed by atoms with E-state index < -0.39 is 17.5 Å². The molecule has 31 heavy (non-hydrogen) atoms. The SMILES string of the molecule is CCOC(=O)c1ccc(NC(=O)[C@]23CCC(=O)N2c2ccccc2C(=O)N3CC)cc1. The van der Waals surface area contributed by atoms with Gasteiger partial charge < -0.3 is 15.0 Å². The second-order valence-electron chi connectivity index (χ2n) is 7.36. The molecule has 0 spiro atoms. The summed E-state index contributed by atoms with van der Waals surface area (Å²) in [6, 6.07) is 13.2. The summed E-state index contributed by atoms with van der Waals surface area (Å²) < 4.78 is 4.97. The van der Waals surface area contributed by atoms with Crippen molar-refractivity contribution >= 4 is 35.1 Å². The van der Waals surface area contributed by atoms with E-state index in [2.05, 4.69) is 5.32 Å². The zero-order valence-electron chi connectivity index (χ0n) is 17.4. The van der Waals surface area contributed by atoms with E-state index in [4.69, 9.17) is 4.74 Å². The van der Waals surface area contributed by atoms with Crippen LogP contribution in [0.25, 0.3) is 0 Å². The predicted octanol–water partition coefficient (Wildman–Crippen LogP) is 2.80. The van der Waals surface area contributed by atoms with E-state index in [-0.39, 0.29) is 37.8 Å². The maximum Gasteiger partial charge on any atom is 0.338 e. The van der Waals surface area contributed by atoms with E-state index in [0.717, 1.165) is 0 Å². The minimum absolute atomic E-state index is 0.160. The number of nitrogens with zero attached hydrogens (tertiary/aromatic N) is 2. The highest BCUT2D eigenvalue weighted by atomic mass is 16.5. The Kier molecular flexibility index (Phi) is 5.22. The van der Waals surface area contributed by atoms with Crippen molar-refractivity contribution in [2.24, 2.45) is 0 Å². The van der Waals surface area contributed by atoms with Crippen LogP contribution in [0.3, 0.4) is 0 Å². The molecule has 0 unspecified atom stereocenters. The minimum atomic E-state index is -1.43. The Balaban J connectivity index is 1.70. The van der Waals surface area contributed by atoms with Gasteiger partial charge in [-0.05, 0) is 50.2 Å². The van der Waals surface area contributed by atoms with Gasteiger partial charge in [0.05, 0.1) is 23.4 Å². The standard InChI is InChI=1S/C23H23N3O5/c1-3-25-20(28)17-7-5-6-8-18(17)26-19(27)13-14-23(25,26)22(30)24-16-11-9-15(10-12-16)21(29)31-4-2/h5-12H,3-4,13-14H2,1-2H3,(H,24,30)/t23-/m0/s1. The van der Waals surface area contributed by atoms with Crippen molar-refractivity contribution in [3.8, 4) is 0 Å². The number of nitrogens with one attached hydrogen (secondary N) is 1. The van der Waals surface area contributed by atoms with Crippen molar-refractivity contribution in [2.45, 2.75) is 32.4 Å². The first kappa shape index (κ1) is 20.6. The molecule has 1 N–H and O–H groups in total. The lowest BCUT2D eigenvalue weighted by atomic mass is 9.95. The number of rotatable bonds is 5. The molecule has 1 saturated heterocycles. The van der Waals surface area contributed by atoms with Crippen molar-refractivity contribution in [1.29, 1.82) is 0 Å². The average Bonchev–Trinajstić information content (AvgIpc) is 3.13. The molecule has 1 fully saturated rings. The van der Waals surface area contributed by atoms with Crippen LogP contribution in [0.1, 0.15) is 47.4 Å². The summed E-state index contributed by atoms with van der Waals surface area (Å²) in [4.78, 5) is 54.4.